The van der Waals surface area contributed by atoms with Crippen LogP contribution in [0.2, 0.25) is 0 Å². The molecule has 0 radical (unpaired) electrons. The van der Waals surface area contributed by atoms with E-state index in [9.17, 15) is 4.79 Å². The lowest BCUT2D eigenvalue weighted by atomic mass is 10.6. The predicted octanol–water partition coefficient (Wildman–Crippen LogP) is -0.976. The zero-order valence-electron chi connectivity index (χ0n) is 5.40. The highest BCUT2D eigenvalue weighted by molar-refractivity contribution is 5.45. The first-order valence-corrected chi connectivity index (χ1v) is 2.93. The molecule has 1 rings (SSSR count). The lowest BCUT2D eigenvalue weighted by Crippen LogP contribution is -2.17. The summed E-state index contributed by atoms with van der Waals surface area (Å²) in [4.78, 5) is 13.5. The van der Waals surface area contributed by atoms with Crippen LogP contribution in [0.1, 0.15) is 0 Å². The standard InChI is InChI=1S/C5H8N4O/c10-5-6-1-2-9-4-7-3-8-9/h3-5H,1-2H2,(H,6,10). The van der Waals surface area contributed by atoms with Crippen molar-refractivity contribution in [2.24, 2.45) is 0 Å². The number of nitrogens with one attached hydrogen (secondary N) is 1. The van der Waals surface area contributed by atoms with E-state index < -0.39 is 0 Å². The van der Waals surface area contributed by atoms with E-state index in [0.717, 1.165) is 0 Å². The molecule has 0 saturated carbocycles. The van der Waals surface area contributed by atoms with Crippen LogP contribution in [0.25, 0.3) is 0 Å². The van der Waals surface area contributed by atoms with E-state index in [1.807, 2.05) is 0 Å². The van der Waals surface area contributed by atoms with Gasteiger partial charge in [0, 0.05) is 6.54 Å². The van der Waals surface area contributed by atoms with Crippen LogP contribution in [0.4, 0.5) is 0 Å². The molecule has 1 aromatic heterocycles. The summed E-state index contributed by atoms with van der Waals surface area (Å²) in [5, 5.41) is 6.36. The first-order valence-electron chi connectivity index (χ1n) is 2.93. The molecule has 0 aliphatic heterocycles. The summed E-state index contributed by atoms with van der Waals surface area (Å²) in [7, 11) is 0. The third kappa shape index (κ3) is 1.85. The average Bonchev–Trinajstić information content (AvgIpc) is 2.41. The quantitative estimate of drug-likeness (QED) is 0.432. The van der Waals surface area contributed by atoms with Gasteiger partial charge < -0.3 is 5.32 Å². The third-order valence-corrected chi connectivity index (χ3v) is 1.04. The Morgan fingerprint density at radius 2 is 2.60 bits per heavy atom. The normalized spacial score (nSPS) is 9.20. The van der Waals surface area contributed by atoms with Gasteiger partial charge in [0.15, 0.2) is 0 Å². The van der Waals surface area contributed by atoms with Gasteiger partial charge in [-0.15, -0.1) is 0 Å². The summed E-state index contributed by atoms with van der Waals surface area (Å²) in [6.45, 7) is 1.26. The van der Waals surface area contributed by atoms with Gasteiger partial charge >= 0.3 is 0 Å². The van der Waals surface area contributed by atoms with E-state index in [1.54, 1.807) is 11.0 Å². The fourth-order valence-electron chi connectivity index (χ4n) is 0.586. The van der Waals surface area contributed by atoms with Crippen molar-refractivity contribution in [3.8, 4) is 0 Å². The number of carbonyl (C=O) groups excluding carboxylic acids is 1. The van der Waals surface area contributed by atoms with E-state index in [0.29, 0.717) is 19.5 Å². The molecule has 0 unspecified atom stereocenters. The summed E-state index contributed by atoms with van der Waals surface area (Å²) in [5.41, 5.74) is 0. The van der Waals surface area contributed by atoms with Crippen LogP contribution in [-0.2, 0) is 11.3 Å². The highest BCUT2D eigenvalue weighted by atomic mass is 16.1. The summed E-state index contributed by atoms with van der Waals surface area (Å²) in [5.74, 6) is 0. The molecule has 0 saturated heterocycles. The first-order chi connectivity index (χ1) is 4.93. The molecular weight excluding hydrogens is 132 g/mol. The maximum Gasteiger partial charge on any atom is 0.207 e. The Morgan fingerprint density at radius 1 is 1.70 bits per heavy atom. The van der Waals surface area contributed by atoms with Crippen molar-refractivity contribution in [3.63, 3.8) is 0 Å². The summed E-state index contributed by atoms with van der Waals surface area (Å²) < 4.78 is 1.65. The van der Waals surface area contributed by atoms with Crippen molar-refractivity contribution in [1.29, 1.82) is 0 Å². The fraction of sp³-hybridized carbons (Fsp3) is 0.400. The number of hydrogen-bond acceptors (Lipinski definition) is 3. The Morgan fingerprint density at radius 3 is 3.20 bits per heavy atom. The highest BCUT2D eigenvalue weighted by Gasteiger charge is 1.87. The molecule has 1 aromatic rings. The molecule has 0 atom stereocenters. The monoisotopic (exact) mass is 140 g/mol. The van der Waals surface area contributed by atoms with E-state index >= 15 is 0 Å². The predicted molar refractivity (Wildman–Crippen MR) is 34.1 cm³/mol. The van der Waals surface area contributed by atoms with Gasteiger partial charge in [0.25, 0.3) is 0 Å². The number of carbonyl (C=O) groups is 1. The van der Waals surface area contributed by atoms with Gasteiger partial charge in [-0.1, -0.05) is 0 Å². The molecule has 0 spiro atoms. The van der Waals surface area contributed by atoms with E-state index in [1.165, 1.54) is 6.33 Å². The van der Waals surface area contributed by atoms with Crippen LogP contribution in [0.5, 0.6) is 0 Å². The first kappa shape index (κ1) is 6.73. The Balaban J connectivity index is 2.21. The van der Waals surface area contributed by atoms with E-state index in [4.69, 9.17) is 0 Å². The molecule has 1 heterocycles. The summed E-state index contributed by atoms with van der Waals surface area (Å²) in [6.07, 6.45) is 3.73. The molecule has 0 aliphatic rings. The smallest absolute Gasteiger partial charge is 0.207 e. The maximum atomic E-state index is 9.78. The van der Waals surface area contributed by atoms with Gasteiger partial charge in [-0.3, -0.25) is 9.48 Å². The van der Waals surface area contributed by atoms with Gasteiger partial charge in [0.05, 0.1) is 6.54 Å². The molecule has 1 N–H and O–H groups in total. The molecule has 0 bridgehead atoms. The average molecular weight is 140 g/mol. The minimum Gasteiger partial charge on any atom is -0.357 e. The van der Waals surface area contributed by atoms with Crippen LogP contribution >= 0.6 is 0 Å². The number of aromatic nitrogens is 3. The van der Waals surface area contributed by atoms with Crippen LogP contribution in [0, 0.1) is 0 Å². The number of rotatable bonds is 4. The molecule has 5 heteroatoms. The molecule has 0 aliphatic carbocycles. The van der Waals surface area contributed by atoms with Crippen molar-refractivity contribution < 1.29 is 4.79 Å². The fourth-order valence-corrected chi connectivity index (χ4v) is 0.586. The third-order valence-electron chi connectivity index (χ3n) is 1.04. The van der Waals surface area contributed by atoms with Crippen molar-refractivity contribution in [3.05, 3.63) is 12.7 Å². The number of hydrogen-bond donors (Lipinski definition) is 1. The Bertz CT molecular complexity index is 184. The van der Waals surface area contributed by atoms with Gasteiger partial charge in [-0.25, -0.2) is 4.98 Å². The maximum absolute atomic E-state index is 9.78. The van der Waals surface area contributed by atoms with Gasteiger partial charge in [0.1, 0.15) is 12.7 Å². The molecular formula is C5H8N4O. The topological polar surface area (TPSA) is 59.8 Å². The van der Waals surface area contributed by atoms with Gasteiger partial charge in [0.2, 0.25) is 6.41 Å². The molecule has 1 amide bonds. The van der Waals surface area contributed by atoms with Crippen molar-refractivity contribution in [2.45, 2.75) is 6.54 Å². The highest BCUT2D eigenvalue weighted by Crippen LogP contribution is 1.76. The SMILES string of the molecule is O=CNCCn1cncn1. The second-order valence-electron chi connectivity index (χ2n) is 1.73. The minimum absolute atomic E-state index is 0.590. The van der Waals surface area contributed by atoms with E-state index in [2.05, 4.69) is 15.4 Å². The van der Waals surface area contributed by atoms with Crippen LogP contribution in [0.15, 0.2) is 12.7 Å². The minimum atomic E-state index is 0.590. The van der Waals surface area contributed by atoms with Crippen LogP contribution < -0.4 is 5.32 Å². The second-order valence-corrected chi connectivity index (χ2v) is 1.73. The van der Waals surface area contributed by atoms with Crippen molar-refractivity contribution in [1.82, 2.24) is 20.1 Å². The largest absolute Gasteiger partial charge is 0.357 e. The summed E-state index contributed by atoms with van der Waals surface area (Å²) in [6, 6.07) is 0. The molecule has 0 aromatic carbocycles. The molecule has 54 valence electrons. The van der Waals surface area contributed by atoms with Crippen molar-refractivity contribution >= 4 is 6.41 Å². The van der Waals surface area contributed by atoms with Crippen LogP contribution in [-0.4, -0.2) is 27.7 Å². The summed E-state index contributed by atoms with van der Waals surface area (Å²) >= 11 is 0. The lowest BCUT2D eigenvalue weighted by molar-refractivity contribution is -0.109. The van der Waals surface area contributed by atoms with Gasteiger partial charge in [-0.2, -0.15) is 5.10 Å². The number of amides is 1. The Kier molecular flexibility index (Phi) is 2.42. The lowest BCUT2D eigenvalue weighted by Gasteiger charge is -1.96. The number of nitrogens with zero attached hydrogens (tertiary/aromatic N) is 3. The molecule has 0 fully saturated rings. The Labute approximate surface area is 58.1 Å². The zero-order valence-corrected chi connectivity index (χ0v) is 5.40. The van der Waals surface area contributed by atoms with Crippen LogP contribution in [0.3, 0.4) is 0 Å². The molecule has 10 heavy (non-hydrogen) atoms. The zero-order chi connectivity index (χ0) is 7.23. The van der Waals surface area contributed by atoms with E-state index in [-0.39, 0.29) is 0 Å². The van der Waals surface area contributed by atoms with Gasteiger partial charge in [-0.05, 0) is 0 Å². The molecule has 5 nitrogen and oxygen atoms in total. The second kappa shape index (κ2) is 3.60. The Hall–Kier alpha value is -1.39. The van der Waals surface area contributed by atoms with Crippen molar-refractivity contribution in [2.75, 3.05) is 6.54 Å².